The van der Waals surface area contributed by atoms with Crippen molar-refractivity contribution < 1.29 is 19.0 Å². The minimum Gasteiger partial charge on any atom is -0.385 e. The third-order valence-corrected chi connectivity index (χ3v) is 6.49. The largest absolute Gasteiger partial charge is 0.385 e. The minimum absolute atomic E-state index is 0.266. The van der Waals surface area contributed by atoms with E-state index >= 15 is 0 Å². The van der Waals surface area contributed by atoms with Gasteiger partial charge in [-0.1, -0.05) is 12.1 Å². The zero-order valence-corrected chi connectivity index (χ0v) is 14.2. The molecule has 1 aliphatic heterocycles. The fraction of sp³-hybridized carbons (Fsp3) is 0.700. The number of hydrogen-bond donors (Lipinski definition) is 1. The highest BCUT2D eigenvalue weighted by Crippen LogP contribution is 2.47. The summed E-state index contributed by atoms with van der Waals surface area (Å²) in [7, 11) is 0. The minimum atomic E-state index is -0.855. The first kappa shape index (κ1) is 16.5. The van der Waals surface area contributed by atoms with Crippen molar-refractivity contribution in [1.29, 1.82) is 0 Å². The highest BCUT2D eigenvalue weighted by atomic mass is 19.1. The molecule has 3 fully saturated rings. The summed E-state index contributed by atoms with van der Waals surface area (Å²) >= 11 is 0. The second-order valence-corrected chi connectivity index (χ2v) is 7.82. The molecule has 4 rings (SSSR count). The molecule has 24 heavy (non-hydrogen) atoms. The van der Waals surface area contributed by atoms with Gasteiger partial charge in [-0.25, -0.2) is 4.39 Å². The molecular weight excluding hydrogens is 307 g/mol. The van der Waals surface area contributed by atoms with Crippen LogP contribution in [0.2, 0.25) is 0 Å². The second kappa shape index (κ2) is 6.40. The molecule has 3 aliphatic rings. The molecule has 1 aromatic rings. The summed E-state index contributed by atoms with van der Waals surface area (Å²) in [6.45, 7) is 1.46. The predicted molar refractivity (Wildman–Crippen MR) is 88.8 cm³/mol. The summed E-state index contributed by atoms with van der Waals surface area (Å²) in [6.07, 6.45) is 7.82. The lowest BCUT2D eigenvalue weighted by Crippen LogP contribution is -2.39. The van der Waals surface area contributed by atoms with Gasteiger partial charge in [0.2, 0.25) is 0 Å². The number of benzene rings is 1. The number of halogens is 1. The molecule has 3 nitrogen and oxygen atoms in total. The first-order valence-corrected chi connectivity index (χ1v) is 9.35. The molecule has 2 aliphatic carbocycles. The Hall–Kier alpha value is -0.970. The smallest absolute Gasteiger partial charge is 0.168 e. The van der Waals surface area contributed by atoms with Crippen LogP contribution in [0.4, 0.5) is 4.39 Å². The Morgan fingerprint density at radius 2 is 1.50 bits per heavy atom. The van der Waals surface area contributed by atoms with Crippen molar-refractivity contribution in [3.05, 3.63) is 35.6 Å². The van der Waals surface area contributed by atoms with Gasteiger partial charge in [0, 0.05) is 12.8 Å². The molecule has 132 valence electrons. The van der Waals surface area contributed by atoms with Gasteiger partial charge in [-0.3, -0.25) is 0 Å². The quantitative estimate of drug-likeness (QED) is 0.883. The van der Waals surface area contributed by atoms with Gasteiger partial charge in [0.15, 0.2) is 5.79 Å². The zero-order chi connectivity index (χ0) is 16.6. The van der Waals surface area contributed by atoms with E-state index in [0.717, 1.165) is 70.1 Å². The highest BCUT2D eigenvalue weighted by molar-refractivity contribution is 5.24. The van der Waals surface area contributed by atoms with Gasteiger partial charge in [-0.15, -0.1) is 0 Å². The van der Waals surface area contributed by atoms with Crippen LogP contribution in [0.15, 0.2) is 24.3 Å². The standard InChI is InChI=1S/C20H27FO3/c21-18-3-1-2-17(14-18)19(22)8-4-15(5-9-19)16-6-10-20(11-7-16)23-12-13-24-20/h1-3,14-16,22H,4-13H2. The van der Waals surface area contributed by atoms with Crippen molar-refractivity contribution in [2.75, 3.05) is 13.2 Å². The van der Waals surface area contributed by atoms with E-state index in [1.807, 2.05) is 6.07 Å². The van der Waals surface area contributed by atoms with Crippen LogP contribution in [0.1, 0.15) is 56.9 Å². The van der Waals surface area contributed by atoms with Crippen LogP contribution in [0, 0.1) is 17.7 Å². The Labute approximate surface area is 143 Å². The van der Waals surface area contributed by atoms with Crippen LogP contribution >= 0.6 is 0 Å². The van der Waals surface area contributed by atoms with Crippen LogP contribution in [0.3, 0.4) is 0 Å². The molecule has 0 amide bonds. The molecular formula is C20H27FO3. The topological polar surface area (TPSA) is 38.7 Å². The van der Waals surface area contributed by atoms with Gasteiger partial charge in [0.25, 0.3) is 0 Å². The van der Waals surface area contributed by atoms with E-state index in [9.17, 15) is 9.50 Å². The molecule has 0 bridgehead atoms. The van der Waals surface area contributed by atoms with Crippen molar-refractivity contribution in [3.63, 3.8) is 0 Å². The molecule has 1 saturated heterocycles. The molecule has 0 aromatic heterocycles. The molecule has 1 heterocycles. The van der Waals surface area contributed by atoms with Crippen molar-refractivity contribution in [2.24, 2.45) is 11.8 Å². The maximum atomic E-state index is 13.5. The fourth-order valence-corrected chi connectivity index (χ4v) is 4.99. The summed E-state index contributed by atoms with van der Waals surface area (Å²) in [5.41, 5.74) is -0.122. The number of aliphatic hydroxyl groups is 1. The van der Waals surface area contributed by atoms with Crippen LogP contribution in [0.25, 0.3) is 0 Å². The average molecular weight is 334 g/mol. The molecule has 2 saturated carbocycles. The van der Waals surface area contributed by atoms with E-state index in [4.69, 9.17) is 9.47 Å². The summed E-state index contributed by atoms with van der Waals surface area (Å²) in [4.78, 5) is 0. The monoisotopic (exact) mass is 334 g/mol. The van der Waals surface area contributed by atoms with Crippen molar-refractivity contribution >= 4 is 0 Å². The van der Waals surface area contributed by atoms with Gasteiger partial charge in [-0.05, 0) is 68.1 Å². The van der Waals surface area contributed by atoms with Gasteiger partial charge in [0.1, 0.15) is 5.82 Å². The van der Waals surface area contributed by atoms with Gasteiger partial charge in [-0.2, -0.15) is 0 Å². The van der Waals surface area contributed by atoms with Crippen molar-refractivity contribution in [2.45, 2.75) is 62.8 Å². The molecule has 0 radical (unpaired) electrons. The van der Waals surface area contributed by atoms with E-state index < -0.39 is 5.60 Å². The maximum Gasteiger partial charge on any atom is 0.168 e. The first-order chi connectivity index (χ1) is 11.6. The molecule has 1 spiro atoms. The number of rotatable bonds is 2. The Morgan fingerprint density at radius 1 is 0.917 bits per heavy atom. The van der Waals surface area contributed by atoms with Gasteiger partial charge < -0.3 is 14.6 Å². The summed E-state index contributed by atoms with van der Waals surface area (Å²) < 4.78 is 25.1. The third kappa shape index (κ3) is 3.12. The lowest BCUT2D eigenvalue weighted by molar-refractivity contribution is -0.186. The molecule has 4 heteroatoms. The van der Waals surface area contributed by atoms with E-state index in [1.165, 1.54) is 12.1 Å². The average Bonchev–Trinajstić information content (AvgIpc) is 3.05. The van der Waals surface area contributed by atoms with E-state index in [2.05, 4.69) is 0 Å². The summed E-state index contributed by atoms with van der Waals surface area (Å²) in [6, 6.07) is 6.46. The van der Waals surface area contributed by atoms with E-state index in [0.29, 0.717) is 11.8 Å². The lowest BCUT2D eigenvalue weighted by Gasteiger charge is -2.43. The number of hydrogen-bond acceptors (Lipinski definition) is 3. The first-order valence-electron chi connectivity index (χ1n) is 9.35. The molecule has 1 N–H and O–H groups in total. The van der Waals surface area contributed by atoms with Crippen LogP contribution < -0.4 is 0 Å². The SMILES string of the molecule is OC1(c2cccc(F)c2)CCC(C2CCC3(CC2)OCCO3)CC1. The molecule has 0 atom stereocenters. The summed E-state index contributed by atoms with van der Waals surface area (Å²) in [5.74, 6) is 0.822. The van der Waals surface area contributed by atoms with E-state index in [-0.39, 0.29) is 11.6 Å². The Balaban J connectivity index is 1.35. The Kier molecular flexibility index (Phi) is 4.40. The third-order valence-electron chi connectivity index (χ3n) is 6.49. The fourth-order valence-electron chi connectivity index (χ4n) is 4.99. The maximum absolute atomic E-state index is 13.5. The lowest BCUT2D eigenvalue weighted by atomic mass is 9.67. The number of ether oxygens (including phenoxy) is 2. The highest BCUT2D eigenvalue weighted by Gasteiger charge is 2.44. The predicted octanol–water partition coefficient (Wildman–Crippen LogP) is 4.14. The summed E-state index contributed by atoms with van der Waals surface area (Å²) in [5, 5.41) is 10.9. The second-order valence-electron chi connectivity index (χ2n) is 7.82. The van der Waals surface area contributed by atoms with Crippen LogP contribution in [0.5, 0.6) is 0 Å². The van der Waals surface area contributed by atoms with Crippen molar-refractivity contribution in [1.82, 2.24) is 0 Å². The van der Waals surface area contributed by atoms with Gasteiger partial charge in [0.05, 0.1) is 18.8 Å². The zero-order valence-electron chi connectivity index (χ0n) is 14.2. The Bertz CT molecular complexity index is 564. The van der Waals surface area contributed by atoms with Gasteiger partial charge >= 0.3 is 0 Å². The van der Waals surface area contributed by atoms with Crippen molar-refractivity contribution in [3.8, 4) is 0 Å². The van der Waals surface area contributed by atoms with E-state index in [1.54, 1.807) is 6.07 Å². The molecule has 0 unspecified atom stereocenters. The molecule has 1 aromatic carbocycles. The Morgan fingerprint density at radius 3 is 2.08 bits per heavy atom. The van der Waals surface area contributed by atoms with Crippen LogP contribution in [-0.2, 0) is 15.1 Å². The normalized spacial score (nSPS) is 33.8. The van der Waals surface area contributed by atoms with Crippen LogP contribution in [-0.4, -0.2) is 24.1 Å².